The van der Waals surface area contributed by atoms with Crippen LogP contribution in [0.5, 0.6) is 0 Å². The van der Waals surface area contributed by atoms with Crippen molar-refractivity contribution < 1.29 is 9.18 Å². The molecule has 8 N–H and O–H groups in total. The van der Waals surface area contributed by atoms with Gasteiger partial charge >= 0.3 is 0 Å². The standard InChI is InChI=1S/C27H50FN7O/c1-5-7-9-20(8-6-2)10-11-21(28)16-32-19(4)24(26(29)30)27(36)34-23-17-31-14-13-22(23)25-18(3)12-15-33-35-25/h14,16,19-20,22-24,26,32-33,35H,5-13,15,17,29-30H2,1-4H3,(H,34,36)/b21-16+. The number of unbranched alkanes of at least 4 members (excludes halogenated alkanes) is 1. The molecule has 0 aromatic carbocycles. The Bertz CT molecular complexity index is 767. The SMILES string of the molecule is CCCCC(CCC)CC/C(F)=C\NC(C)C(C(=O)NC1CN=CCC1C1=C(C)CCNN1)C(N)N. The second-order valence-electron chi connectivity index (χ2n) is 10.5. The Morgan fingerprint density at radius 1 is 1.28 bits per heavy atom. The molecule has 9 heteroatoms. The molecule has 2 rings (SSSR count). The fourth-order valence-electron chi connectivity index (χ4n) is 5.28. The van der Waals surface area contributed by atoms with E-state index in [-0.39, 0.29) is 23.7 Å². The van der Waals surface area contributed by atoms with Gasteiger partial charge in [-0.15, -0.1) is 0 Å². The lowest BCUT2D eigenvalue weighted by molar-refractivity contribution is -0.127. The second kappa shape index (κ2) is 16.0. The average molecular weight is 508 g/mol. The summed E-state index contributed by atoms with van der Waals surface area (Å²) in [5, 5.41) is 6.18. The Kier molecular flexibility index (Phi) is 13.4. The van der Waals surface area contributed by atoms with Crippen LogP contribution in [0.4, 0.5) is 4.39 Å². The largest absolute Gasteiger partial charge is 0.385 e. The van der Waals surface area contributed by atoms with E-state index in [2.05, 4.69) is 47.2 Å². The molecule has 8 nitrogen and oxygen atoms in total. The minimum atomic E-state index is -0.882. The summed E-state index contributed by atoms with van der Waals surface area (Å²) in [4.78, 5) is 17.7. The number of nitrogens with one attached hydrogen (secondary N) is 4. The number of hydrazine groups is 1. The highest BCUT2D eigenvalue weighted by atomic mass is 19.1. The monoisotopic (exact) mass is 507 g/mol. The molecule has 0 aromatic rings. The predicted octanol–water partition coefficient (Wildman–Crippen LogP) is 3.37. The van der Waals surface area contributed by atoms with Crippen molar-refractivity contribution in [3.8, 4) is 0 Å². The molecule has 36 heavy (non-hydrogen) atoms. The van der Waals surface area contributed by atoms with Crippen LogP contribution in [0.3, 0.4) is 0 Å². The maximum Gasteiger partial charge on any atom is 0.228 e. The van der Waals surface area contributed by atoms with Gasteiger partial charge < -0.3 is 27.5 Å². The predicted molar refractivity (Wildman–Crippen MR) is 146 cm³/mol. The number of carbonyl (C=O) groups excluding carboxylic acids is 1. The van der Waals surface area contributed by atoms with Crippen molar-refractivity contribution in [2.24, 2.45) is 34.2 Å². The quantitative estimate of drug-likeness (QED) is 0.189. The number of nitrogens with two attached hydrogens (primary N) is 2. The molecular formula is C27H50FN7O. The fraction of sp³-hybridized carbons (Fsp3) is 0.778. The summed E-state index contributed by atoms with van der Waals surface area (Å²) in [6, 6.07) is -0.595. The molecule has 0 aliphatic carbocycles. The van der Waals surface area contributed by atoms with Gasteiger partial charge in [0.1, 0.15) is 5.83 Å². The highest BCUT2D eigenvalue weighted by Gasteiger charge is 2.35. The maximum atomic E-state index is 14.6. The number of halogens is 1. The van der Waals surface area contributed by atoms with E-state index in [0.29, 0.717) is 18.9 Å². The van der Waals surface area contributed by atoms with E-state index in [9.17, 15) is 9.18 Å². The first kappa shape index (κ1) is 30.3. The lowest BCUT2D eigenvalue weighted by Gasteiger charge is -2.36. The zero-order chi connectivity index (χ0) is 26.5. The first-order chi connectivity index (χ1) is 17.3. The molecule has 2 aliphatic heterocycles. The third-order valence-corrected chi connectivity index (χ3v) is 7.50. The smallest absolute Gasteiger partial charge is 0.228 e. The van der Waals surface area contributed by atoms with E-state index in [1.165, 1.54) is 24.6 Å². The van der Waals surface area contributed by atoms with Crippen LogP contribution < -0.4 is 33.0 Å². The molecule has 0 radical (unpaired) electrons. The number of carbonyl (C=O) groups is 1. The molecular weight excluding hydrogens is 457 g/mol. The maximum absolute atomic E-state index is 14.6. The van der Waals surface area contributed by atoms with Gasteiger partial charge in [0.05, 0.1) is 24.7 Å². The summed E-state index contributed by atoms with van der Waals surface area (Å²) in [7, 11) is 0. The zero-order valence-corrected chi connectivity index (χ0v) is 22.8. The van der Waals surface area contributed by atoms with Gasteiger partial charge in [-0.25, -0.2) is 9.82 Å². The van der Waals surface area contributed by atoms with Crippen molar-refractivity contribution in [2.45, 2.75) is 104 Å². The summed E-state index contributed by atoms with van der Waals surface area (Å²) in [5.41, 5.74) is 20.9. The molecule has 206 valence electrons. The number of hydrogen-bond donors (Lipinski definition) is 6. The Morgan fingerprint density at radius 3 is 2.72 bits per heavy atom. The van der Waals surface area contributed by atoms with Gasteiger partial charge in [0, 0.05) is 36.8 Å². The summed E-state index contributed by atoms with van der Waals surface area (Å²) < 4.78 is 14.6. The number of rotatable bonds is 15. The van der Waals surface area contributed by atoms with Gasteiger partial charge in [-0.3, -0.25) is 9.79 Å². The first-order valence-corrected chi connectivity index (χ1v) is 13.9. The van der Waals surface area contributed by atoms with Crippen LogP contribution in [0.25, 0.3) is 0 Å². The van der Waals surface area contributed by atoms with Crippen molar-refractivity contribution in [3.05, 3.63) is 23.3 Å². The minimum absolute atomic E-state index is 0.0956. The number of hydrogen-bond acceptors (Lipinski definition) is 7. The molecule has 0 saturated heterocycles. The summed E-state index contributed by atoms with van der Waals surface area (Å²) in [6.07, 6.45) is 11.1. The summed E-state index contributed by atoms with van der Waals surface area (Å²) >= 11 is 0. The van der Waals surface area contributed by atoms with Crippen LogP contribution in [0.15, 0.2) is 28.3 Å². The van der Waals surface area contributed by atoms with Crippen molar-refractivity contribution in [1.29, 1.82) is 0 Å². The van der Waals surface area contributed by atoms with Crippen LogP contribution in [-0.4, -0.2) is 43.5 Å². The van der Waals surface area contributed by atoms with Crippen molar-refractivity contribution in [2.75, 3.05) is 13.1 Å². The number of nitrogens with zero attached hydrogens (tertiary/aromatic N) is 1. The number of allylic oxidation sites excluding steroid dienone is 1. The van der Waals surface area contributed by atoms with Crippen LogP contribution >= 0.6 is 0 Å². The van der Waals surface area contributed by atoms with E-state index in [1.54, 1.807) is 0 Å². The number of amides is 1. The normalized spacial score (nSPS) is 23.3. The second-order valence-corrected chi connectivity index (χ2v) is 10.5. The van der Waals surface area contributed by atoms with Gasteiger partial charge in [-0.2, -0.15) is 0 Å². The molecule has 2 aliphatic rings. The van der Waals surface area contributed by atoms with E-state index >= 15 is 0 Å². The molecule has 0 fully saturated rings. The summed E-state index contributed by atoms with van der Waals surface area (Å²) in [5.74, 6) is -0.510. The van der Waals surface area contributed by atoms with E-state index in [1.807, 2.05) is 13.1 Å². The van der Waals surface area contributed by atoms with Crippen LogP contribution in [0, 0.1) is 17.8 Å². The Hall–Kier alpha value is -1.97. The van der Waals surface area contributed by atoms with Crippen molar-refractivity contribution in [1.82, 2.24) is 21.5 Å². The fourth-order valence-corrected chi connectivity index (χ4v) is 5.28. The Labute approximate surface area is 217 Å². The Morgan fingerprint density at radius 2 is 2.06 bits per heavy atom. The van der Waals surface area contributed by atoms with Gasteiger partial charge in [0.2, 0.25) is 5.91 Å². The molecule has 0 saturated carbocycles. The topological polar surface area (TPSA) is 130 Å². The van der Waals surface area contributed by atoms with Gasteiger partial charge in [0.25, 0.3) is 0 Å². The van der Waals surface area contributed by atoms with Crippen LogP contribution in [0.1, 0.15) is 85.5 Å². The van der Waals surface area contributed by atoms with Crippen molar-refractivity contribution in [3.63, 3.8) is 0 Å². The molecule has 2 heterocycles. The van der Waals surface area contributed by atoms with Crippen LogP contribution in [0.2, 0.25) is 0 Å². The van der Waals surface area contributed by atoms with E-state index in [4.69, 9.17) is 11.5 Å². The zero-order valence-electron chi connectivity index (χ0n) is 22.8. The molecule has 0 aromatic heterocycles. The van der Waals surface area contributed by atoms with E-state index in [0.717, 1.165) is 50.8 Å². The molecule has 1 amide bonds. The molecule has 5 unspecified atom stereocenters. The molecule has 0 spiro atoms. The Balaban J connectivity index is 1.98. The van der Waals surface area contributed by atoms with Crippen LogP contribution in [-0.2, 0) is 4.79 Å². The van der Waals surface area contributed by atoms with Gasteiger partial charge in [-0.1, -0.05) is 51.5 Å². The third kappa shape index (κ3) is 9.48. The molecule has 0 bridgehead atoms. The number of aliphatic imine (C=N–C) groups is 1. The third-order valence-electron chi connectivity index (χ3n) is 7.50. The highest BCUT2D eigenvalue weighted by Crippen LogP contribution is 2.26. The van der Waals surface area contributed by atoms with Gasteiger partial charge in [-0.05, 0) is 45.2 Å². The van der Waals surface area contributed by atoms with Gasteiger partial charge in [0.15, 0.2) is 0 Å². The average Bonchev–Trinajstić information content (AvgIpc) is 2.85. The first-order valence-electron chi connectivity index (χ1n) is 13.9. The minimum Gasteiger partial charge on any atom is -0.385 e. The van der Waals surface area contributed by atoms with E-state index < -0.39 is 18.1 Å². The lowest BCUT2D eigenvalue weighted by Crippen LogP contribution is -2.58. The van der Waals surface area contributed by atoms with Crippen molar-refractivity contribution >= 4 is 12.1 Å². The lowest BCUT2D eigenvalue weighted by atomic mass is 9.87. The highest BCUT2D eigenvalue weighted by molar-refractivity contribution is 5.80. The molecule has 5 atom stereocenters. The summed E-state index contributed by atoms with van der Waals surface area (Å²) in [6.45, 7) is 9.67.